The van der Waals surface area contributed by atoms with Crippen molar-refractivity contribution in [3.8, 4) is 0 Å². The summed E-state index contributed by atoms with van der Waals surface area (Å²) in [6, 6.07) is 1.56. The minimum atomic E-state index is -0.541. The second-order valence-corrected chi connectivity index (χ2v) is 4.91. The van der Waals surface area contributed by atoms with Crippen LogP contribution in [0.1, 0.15) is 16.1 Å². The standard InChI is InChI=1S/C12H13N3O3S/c1-6-5-7(11(17)18-4)8-9(14-6)19-12(13-2)15(3)10(8)16/h5H,1-4H3. The van der Waals surface area contributed by atoms with Gasteiger partial charge in [-0.15, -0.1) is 0 Å². The van der Waals surface area contributed by atoms with E-state index in [9.17, 15) is 9.59 Å². The first-order chi connectivity index (χ1) is 8.99. The molecule has 0 N–H and O–H groups in total. The quantitative estimate of drug-likeness (QED) is 0.717. The topological polar surface area (TPSA) is 73.6 Å². The van der Waals surface area contributed by atoms with Crippen LogP contribution in [0.5, 0.6) is 0 Å². The average Bonchev–Trinajstić information content (AvgIpc) is 2.40. The average molecular weight is 279 g/mol. The minimum absolute atomic E-state index is 0.240. The maximum Gasteiger partial charge on any atom is 0.338 e. The maximum atomic E-state index is 12.3. The van der Waals surface area contributed by atoms with Crippen molar-refractivity contribution in [2.75, 3.05) is 14.2 Å². The summed E-state index contributed by atoms with van der Waals surface area (Å²) in [5, 5.41) is 0.275. The smallest absolute Gasteiger partial charge is 0.338 e. The predicted octanol–water partition coefficient (Wildman–Crippen LogP) is 0.621. The van der Waals surface area contributed by atoms with Gasteiger partial charge in [0.1, 0.15) is 4.83 Å². The third-order valence-corrected chi connectivity index (χ3v) is 3.83. The number of pyridine rings is 1. The van der Waals surface area contributed by atoms with Crippen LogP contribution >= 0.6 is 11.3 Å². The van der Waals surface area contributed by atoms with Crippen molar-refractivity contribution in [3.05, 3.63) is 32.5 Å². The van der Waals surface area contributed by atoms with Crippen LogP contribution in [0.25, 0.3) is 10.2 Å². The molecule has 0 saturated carbocycles. The molecule has 2 aromatic rings. The number of nitrogens with zero attached hydrogens (tertiary/aromatic N) is 3. The Morgan fingerprint density at radius 3 is 2.79 bits per heavy atom. The van der Waals surface area contributed by atoms with Gasteiger partial charge in [-0.2, -0.15) is 0 Å². The van der Waals surface area contributed by atoms with Gasteiger partial charge in [0.15, 0.2) is 4.80 Å². The third-order valence-electron chi connectivity index (χ3n) is 2.70. The second kappa shape index (κ2) is 4.93. The molecule has 2 heterocycles. The van der Waals surface area contributed by atoms with E-state index in [1.807, 2.05) is 0 Å². The first-order valence-corrected chi connectivity index (χ1v) is 6.34. The zero-order valence-corrected chi connectivity index (χ0v) is 11.9. The molecule has 19 heavy (non-hydrogen) atoms. The fourth-order valence-electron chi connectivity index (χ4n) is 1.80. The maximum absolute atomic E-state index is 12.3. The van der Waals surface area contributed by atoms with Crippen LogP contribution in [-0.4, -0.2) is 29.7 Å². The Morgan fingerprint density at radius 1 is 1.53 bits per heavy atom. The Kier molecular flexibility index (Phi) is 3.48. The molecular formula is C12H13N3O3S. The highest BCUT2D eigenvalue weighted by atomic mass is 32.1. The molecule has 0 saturated heterocycles. The lowest BCUT2D eigenvalue weighted by atomic mass is 10.1. The second-order valence-electron chi connectivity index (χ2n) is 3.96. The van der Waals surface area contributed by atoms with Gasteiger partial charge in [0, 0.05) is 19.8 Å². The summed E-state index contributed by atoms with van der Waals surface area (Å²) in [6.07, 6.45) is 0. The van der Waals surface area contributed by atoms with Crippen LogP contribution in [0.3, 0.4) is 0 Å². The zero-order valence-electron chi connectivity index (χ0n) is 11.1. The van der Waals surface area contributed by atoms with Crippen molar-refractivity contribution >= 4 is 27.5 Å². The number of fused-ring (bicyclic) bond motifs is 1. The van der Waals surface area contributed by atoms with Crippen molar-refractivity contribution in [1.82, 2.24) is 9.55 Å². The van der Waals surface area contributed by atoms with Crippen molar-refractivity contribution in [1.29, 1.82) is 0 Å². The van der Waals surface area contributed by atoms with Gasteiger partial charge in [0.2, 0.25) is 0 Å². The summed E-state index contributed by atoms with van der Waals surface area (Å²) >= 11 is 1.26. The number of hydrogen-bond acceptors (Lipinski definition) is 6. The van der Waals surface area contributed by atoms with Gasteiger partial charge >= 0.3 is 5.97 Å². The molecule has 0 aliphatic rings. The number of esters is 1. The monoisotopic (exact) mass is 279 g/mol. The van der Waals surface area contributed by atoms with Gasteiger partial charge in [-0.3, -0.25) is 14.4 Å². The lowest BCUT2D eigenvalue weighted by Gasteiger charge is -2.06. The molecule has 0 aliphatic heterocycles. The predicted molar refractivity (Wildman–Crippen MR) is 72.4 cm³/mol. The van der Waals surface area contributed by atoms with Gasteiger partial charge in [0.25, 0.3) is 5.56 Å². The number of rotatable bonds is 1. The molecule has 0 spiro atoms. The number of methoxy groups -OCH3 is 1. The molecule has 0 atom stereocenters. The number of aromatic nitrogens is 2. The van der Waals surface area contributed by atoms with Crippen LogP contribution < -0.4 is 10.4 Å². The van der Waals surface area contributed by atoms with Crippen molar-refractivity contribution in [2.24, 2.45) is 12.0 Å². The molecule has 100 valence electrons. The van der Waals surface area contributed by atoms with E-state index in [0.29, 0.717) is 15.3 Å². The highest BCUT2D eigenvalue weighted by Gasteiger charge is 2.17. The van der Waals surface area contributed by atoms with Gasteiger partial charge in [-0.05, 0) is 13.0 Å². The first kappa shape index (κ1) is 13.4. The molecule has 6 nitrogen and oxygen atoms in total. The Balaban J connectivity index is 3.05. The molecular weight excluding hydrogens is 266 g/mol. The van der Waals surface area contributed by atoms with E-state index in [-0.39, 0.29) is 16.5 Å². The Bertz CT molecular complexity index is 789. The molecule has 0 unspecified atom stereocenters. The fraction of sp³-hybridized carbons (Fsp3) is 0.333. The molecule has 7 heteroatoms. The van der Waals surface area contributed by atoms with E-state index < -0.39 is 5.97 Å². The van der Waals surface area contributed by atoms with E-state index in [1.54, 1.807) is 27.1 Å². The molecule has 0 aromatic carbocycles. The third kappa shape index (κ3) is 2.17. The van der Waals surface area contributed by atoms with E-state index >= 15 is 0 Å². The summed E-state index contributed by atoms with van der Waals surface area (Å²) in [5.41, 5.74) is 0.589. The zero-order chi connectivity index (χ0) is 14.2. The summed E-state index contributed by atoms with van der Waals surface area (Å²) in [4.78, 5) is 33.5. The van der Waals surface area contributed by atoms with Crippen LogP contribution in [0.15, 0.2) is 15.9 Å². The van der Waals surface area contributed by atoms with Gasteiger partial charge in [0.05, 0.1) is 18.1 Å². The number of carbonyl (C=O) groups is 1. The molecule has 0 amide bonds. The van der Waals surface area contributed by atoms with Gasteiger partial charge in [-0.25, -0.2) is 9.78 Å². The lowest BCUT2D eigenvalue weighted by molar-refractivity contribution is 0.0602. The lowest BCUT2D eigenvalue weighted by Crippen LogP contribution is -2.30. The number of aryl methyl sites for hydroxylation is 1. The summed E-state index contributed by atoms with van der Waals surface area (Å²) in [5.74, 6) is -0.541. The number of ether oxygens (including phenoxy) is 1. The minimum Gasteiger partial charge on any atom is -0.465 e. The van der Waals surface area contributed by atoms with E-state index in [0.717, 1.165) is 0 Å². The molecule has 0 aliphatic carbocycles. The van der Waals surface area contributed by atoms with E-state index in [2.05, 4.69) is 9.98 Å². The van der Waals surface area contributed by atoms with Crippen molar-refractivity contribution in [3.63, 3.8) is 0 Å². The highest BCUT2D eigenvalue weighted by molar-refractivity contribution is 7.15. The van der Waals surface area contributed by atoms with Crippen molar-refractivity contribution in [2.45, 2.75) is 6.92 Å². The SMILES string of the molecule is CN=c1sc2nc(C)cc(C(=O)OC)c2c(=O)n1C. The number of carbonyl (C=O) groups excluding carboxylic acids is 1. The molecule has 2 rings (SSSR count). The van der Waals surface area contributed by atoms with Crippen LogP contribution in [0.4, 0.5) is 0 Å². The summed E-state index contributed by atoms with van der Waals surface area (Å²) < 4.78 is 6.12. The fourth-order valence-corrected chi connectivity index (χ4v) is 2.77. The van der Waals surface area contributed by atoms with Crippen LogP contribution in [0, 0.1) is 6.92 Å². The van der Waals surface area contributed by atoms with Gasteiger partial charge < -0.3 is 4.74 Å². The van der Waals surface area contributed by atoms with E-state index in [4.69, 9.17) is 4.74 Å². The van der Waals surface area contributed by atoms with E-state index in [1.165, 1.54) is 23.0 Å². The molecule has 0 radical (unpaired) electrons. The largest absolute Gasteiger partial charge is 0.465 e. The van der Waals surface area contributed by atoms with Crippen LogP contribution in [-0.2, 0) is 11.8 Å². The van der Waals surface area contributed by atoms with Crippen LogP contribution in [0.2, 0.25) is 0 Å². The number of hydrogen-bond donors (Lipinski definition) is 0. The molecule has 2 aromatic heterocycles. The molecule has 0 fully saturated rings. The Labute approximate surface area is 113 Å². The molecule has 0 bridgehead atoms. The van der Waals surface area contributed by atoms with Gasteiger partial charge in [-0.1, -0.05) is 11.3 Å². The first-order valence-electron chi connectivity index (χ1n) is 5.52. The normalized spacial score (nSPS) is 11.9. The highest BCUT2D eigenvalue weighted by Crippen LogP contribution is 2.17. The Hall–Kier alpha value is -2.02. The summed E-state index contributed by atoms with van der Waals surface area (Å²) in [6.45, 7) is 1.76. The van der Waals surface area contributed by atoms with Crippen molar-refractivity contribution < 1.29 is 9.53 Å². The Morgan fingerprint density at radius 2 is 2.21 bits per heavy atom. The summed E-state index contributed by atoms with van der Waals surface area (Å²) in [7, 11) is 4.50.